The number of hydrogen-bond acceptors (Lipinski definition) is 6. The van der Waals surface area contributed by atoms with Crippen LogP contribution in [0.1, 0.15) is 50.9 Å². The van der Waals surface area contributed by atoms with Crippen LogP contribution < -0.4 is 0 Å². The van der Waals surface area contributed by atoms with E-state index >= 15 is 0 Å². The van der Waals surface area contributed by atoms with E-state index in [0.29, 0.717) is 24.2 Å². The summed E-state index contributed by atoms with van der Waals surface area (Å²) in [4.78, 5) is 40.1. The van der Waals surface area contributed by atoms with E-state index < -0.39 is 35.2 Å². The van der Waals surface area contributed by atoms with Crippen LogP contribution in [-0.4, -0.2) is 48.3 Å². The van der Waals surface area contributed by atoms with Crippen LogP contribution in [0.4, 0.5) is 4.79 Å². The number of esters is 2. The molecule has 1 aliphatic heterocycles. The lowest BCUT2D eigenvalue weighted by atomic mass is 9.71. The standard InChI is InChI=1S/C23H27Br2NO6/c1-13-8-18-23(20(28)30-5,6-7-26(18)21(29)32-22(2,3)4)12-17(13)31-19(27)14-9-15(24)11-16(25)10-14/h8-11,13,17H,6-7,12H2,1-5H3/t13-,17-,23-/m0/s1. The lowest BCUT2D eigenvalue weighted by Gasteiger charge is -2.39. The van der Waals surface area contributed by atoms with Gasteiger partial charge in [-0.2, -0.15) is 0 Å². The molecule has 0 bridgehead atoms. The maximum absolute atomic E-state index is 12.9. The molecule has 0 spiro atoms. The summed E-state index contributed by atoms with van der Waals surface area (Å²) in [6.45, 7) is 7.60. The van der Waals surface area contributed by atoms with Crippen molar-refractivity contribution in [3.8, 4) is 0 Å². The van der Waals surface area contributed by atoms with Crippen LogP contribution in [0.15, 0.2) is 38.9 Å². The second-order valence-electron chi connectivity index (χ2n) is 9.17. The molecule has 7 nitrogen and oxygen atoms in total. The van der Waals surface area contributed by atoms with Gasteiger partial charge in [-0.3, -0.25) is 9.69 Å². The van der Waals surface area contributed by atoms with Gasteiger partial charge in [0.2, 0.25) is 0 Å². The van der Waals surface area contributed by atoms with Crippen LogP contribution >= 0.6 is 31.9 Å². The molecule has 0 saturated carbocycles. The van der Waals surface area contributed by atoms with Gasteiger partial charge in [-0.1, -0.05) is 44.9 Å². The molecule has 0 N–H and O–H groups in total. The molecule has 1 aliphatic carbocycles. The number of rotatable bonds is 3. The number of likely N-dealkylation sites (tertiary alicyclic amines) is 1. The smallest absolute Gasteiger partial charge is 0.414 e. The molecule has 2 aliphatic rings. The maximum Gasteiger partial charge on any atom is 0.414 e. The van der Waals surface area contributed by atoms with Gasteiger partial charge in [0.1, 0.15) is 17.1 Å². The topological polar surface area (TPSA) is 82.1 Å². The number of carbonyl (C=O) groups is 3. The normalized spacial score (nSPS) is 25.0. The summed E-state index contributed by atoms with van der Waals surface area (Å²) < 4.78 is 18.0. The minimum absolute atomic E-state index is 0.217. The van der Waals surface area contributed by atoms with Gasteiger partial charge < -0.3 is 14.2 Å². The Hall–Kier alpha value is -1.87. The molecular formula is C23H27Br2NO6. The first-order valence-corrected chi connectivity index (χ1v) is 11.9. The highest BCUT2D eigenvalue weighted by molar-refractivity contribution is 9.11. The molecular weight excluding hydrogens is 546 g/mol. The van der Waals surface area contributed by atoms with Gasteiger partial charge in [-0.05, 0) is 45.4 Å². The Balaban J connectivity index is 1.89. The quantitative estimate of drug-likeness (QED) is 0.353. The van der Waals surface area contributed by atoms with Crippen molar-refractivity contribution in [3.63, 3.8) is 0 Å². The molecule has 1 aromatic carbocycles. The van der Waals surface area contributed by atoms with E-state index in [1.54, 1.807) is 32.9 Å². The number of hydrogen-bond donors (Lipinski definition) is 0. The average Bonchev–Trinajstić information content (AvgIpc) is 3.05. The van der Waals surface area contributed by atoms with Crippen LogP contribution in [0.3, 0.4) is 0 Å². The van der Waals surface area contributed by atoms with Crippen molar-refractivity contribution in [2.45, 2.75) is 52.2 Å². The third-order valence-electron chi connectivity index (χ3n) is 5.65. The zero-order valence-electron chi connectivity index (χ0n) is 18.7. The van der Waals surface area contributed by atoms with E-state index in [1.807, 2.05) is 19.1 Å². The Bertz CT molecular complexity index is 949. The van der Waals surface area contributed by atoms with Gasteiger partial charge >= 0.3 is 18.0 Å². The molecule has 0 radical (unpaired) electrons. The first kappa shape index (κ1) is 24.8. The molecule has 0 unspecified atom stereocenters. The molecule has 3 rings (SSSR count). The summed E-state index contributed by atoms with van der Waals surface area (Å²) in [7, 11) is 1.32. The van der Waals surface area contributed by atoms with Gasteiger partial charge in [-0.15, -0.1) is 0 Å². The Morgan fingerprint density at radius 1 is 1.12 bits per heavy atom. The summed E-state index contributed by atoms with van der Waals surface area (Å²) >= 11 is 6.75. The predicted octanol–water partition coefficient (Wildman–Crippen LogP) is 5.46. The van der Waals surface area contributed by atoms with E-state index in [2.05, 4.69) is 31.9 Å². The van der Waals surface area contributed by atoms with Crippen LogP contribution in [0, 0.1) is 11.3 Å². The van der Waals surface area contributed by atoms with Crippen molar-refractivity contribution < 1.29 is 28.6 Å². The molecule has 1 amide bonds. The molecule has 1 heterocycles. The number of ether oxygens (including phenoxy) is 3. The summed E-state index contributed by atoms with van der Waals surface area (Å²) in [6, 6.07) is 5.18. The van der Waals surface area contributed by atoms with Crippen molar-refractivity contribution in [3.05, 3.63) is 44.5 Å². The number of fused-ring (bicyclic) bond motifs is 1. The highest BCUT2D eigenvalue weighted by atomic mass is 79.9. The van der Waals surface area contributed by atoms with Gasteiger partial charge in [0.25, 0.3) is 0 Å². The lowest BCUT2D eigenvalue weighted by Crippen LogP contribution is -2.45. The number of halogens is 2. The fourth-order valence-corrected chi connectivity index (χ4v) is 5.46. The molecule has 32 heavy (non-hydrogen) atoms. The van der Waals surface area contributed by atoms with Crippen molar-refractivity contribution >= 4 is 49.9 Å². The maximum atomic E-state index is 12.9. The van der Waals surface area contributed by atoms with E-state index in [0.717, 1.165) is 8.95 Å². The predicted molar refractivity (Wildman–Crippen MR) is 125 cm³/mol. The van der Waals surface area contributed by atoms with Gasteiger partial charge in [0.15, 0.2) is 0 Å². The summed E-state index contributed by atoms with van der Waals surface area (Å²) in [5, 5.41) is 0. The second kappa shape index (κ2) is 9.17. The van der Waals surface area contributed by atoms with Crippen LogP contribution in [0.5, 0.6) is 0 Å². The van der Waals surface area contributed by atoms with Crippen LogP contribution in [0.25, 0.3) is 0 Å². The van der Waals surface area contributed by atoms with Gasteiger partial charge in [0.05, 0.1) is 12.7 Å². The SMILES string of the molecule is COC(=O)[C@]12CCN(C(=O)OC(C)(C)C)C1=C[C@H](C)[C@@H](OC(=O)c1cc(Br)cc(Br)c1)C2. The Morgan fingerprint density at radius 3 is 2.31 bits per heavy atom. The van der Waals surface area contributed by atoms with E-state index in [-0.39, 0.29) is 12.3 Å². The van der Waals surface area contributed by atoms with Crippen LogP contribution in [0.2, 0.25) is 0 Å². The molecule has 3 atom stereocenters. The van der Waals surface area contributed by atoms with E-state index in [1.165, 1.54) is 12.0 Å². The zero-order valence-corrected chi connectivity index (χ0v) is 21.9. The van der Waals surface area contributed by atoms with Crippen molar-refractivity contribution in [1.82, 2.24) is 4.90 Å². The third-order valence-corrected chi connectivity index (χ3v) is 6.56. The molecule has 1 saturated heterocycles. The Kier molecular flexibility index (Phi) is 7.10. The van der Waals surface area contributed by atoms with Crippen molar-refractivity contribution in [1.29, 1.82) is 0 Å². The summed E-state index contributed by atoms with van der Waals surface area (Å²) in [5.41, 5.74) is -0.781. The minimum atomic E-state index is -1.07. The number of carbonyl (C=O) groups excluding carboxylic acids is 3. The Labute approximate surface area is 204 Å². The summed E-state index contributed by atoms with van der Waals surface area (Å²) in [6.07, 6.45) is 1.37. The molecule has 174 valence electrons. The van der Waals surface area contributed by atoms with Crippen LogP contribution in [-0.2, 0) is 19.0 Å². The molecule has 9 heteroatoms. The van der Waals surface area contributed by atoms with Crippen molar-refractivity contribution in [2.75, 3.05) is 13.7 Å². The van der Waals surface area contributed by atoms with E-state index in [4.69, 9.17) is 14.2 Å². The average molecular weight is 573 g/mol. The number of amides is 1. The van der Waals surface area contributed by atoms with Gasteiger partial charge in [-0.25, -0.2) is 9.59 Å². The first-order chi connectivity index (χ1) is 14.9. The second-order valence-corrected chi connectivity index (χ2v) is 11.0. The molecule has 0 aromatic heterocycles. The monoisotopic (exact) mass is 571 g/mol. The third kappa shape index (κ3) is 5.03. The summed E-state index contributed by atoms with van der Waals surface area (Å²) in [5.74, 6) is -1.15. The lowest BCUT2D eigenvalue weighted by molar-refractivity contribution is -0.153. The zero-order chi connectivity index (χ0) is 23.8. The van der Waals surface area contributed by atoms with Gasteiger partial charge in [0, 0.05) is 33.5 Å². The number of benzene rings is 1. The molecule has 1 fully saturated rings. The first-order valence-electron chi connectivity index (χ1n) is 10.3. The highest BCUT2D eigenvalue weighted by Gasteiger charge is 2.56. The fraction of sp³-hybridized carbons (Fsp3) is 0.522. The van der Waals surface area contributed by atoms with Crippen molar-refractivity contribution in [2.24, 2.45) is 11.3 Å². The van der Waals surface area contributed by atoms with E-state index in [9.17, 15) is 14.4 Å². The highest BCUT2D eigenvalue weighted by Crippen LogP contribution is 2.50. The molecule has 1 aromatic rings. The number of methoxy groups -OCH3 is 1. The fourth-order valence-electron chi connectivity index (χ4n) is 4.17. The largest absolute Gasteiger partial charge is 0.468 e. The Morgan fingerprint density at radius 2 is 1.75 bits per heavy atom. The minimum Gasteiger partial charge on any atom is -0.468 e. The number of nitrogens with zero attached hydrogens (tertiary/aromatic N) is 1.